The average Bonchev–Trinajstić information content (AvgIpc) is 2.46. The normalized spacial score (nSPS) is 10.7. The summed E-state index contributed by atoms with van der Waals surface area (Å²) in [4.78, 5) is 4.07. The molecule has 0 saturated heterocycles. The third kappa shape index (κ3) is 2.16. The lowest BCUT2D eigenvalue weighted by atomic mass is 10.1. The van der Waals surface area contributed by atoms with E-state index in [0.29, 0.717) is 11.3 Å². The van der Waals surface area contributed by atoms with Crippen molar-refractivity contribution in [2.75, 3.05) is 11.1 Å². The summed E-state index contributed by atoms with van der Waals surface area (Å²) in [6, 6.07) is 10.6. The van der Waals surface area contributed by atoms with E-state index in [1.807, 2.05) is 18.2 Å². The van der Waals surface area contributed by atoms with Gasteiger partial charge in [-0.25, -0.2) is 4.39 Å². The van der Waals surface area contributed by atoms with E-state index in [4.69, 9.17) is 5.73 Å². The third-order valence-electron chi connectivity index (χ3n) is 3.30. The van der Waals surface area contributed by atoms with Crippen molar-refractivity contribution in [2.24, 2.45) is 0 Å². The quantitative estimate of drug-likeness (QED) is 0.690. The summed E-state index contributed by atoms with van der Waals surface area (Å²) < 4.78 is 13.3. The number of nitrogen functional groups attached to an aromatic ring is 1. The van der Waals surface area contributed by atoms with Gasteiger partial charge in [-0.3, -0.25) is 4.98 Å². The molecule has 0 saturated carbocycles. The Bertz CT molecular complexity index is 784. The Kier molecular flexibility index (Phi) is 2.99. The molecule has 2 aromatic carbocycles. The van der Waals surface area contributed by atoms with Gasteiger partial charge in [0.1, 0.15) is 5.82 Å². The smallest absolute Gasteiger partial charge is 0.126 e. The number of aryl methyl sites for hydroxylation is 1. The largest absolute Gasteiger partial charge is 0.397 e. The Balaban J connectivity index is 2.02. The lowest BCUT2D eigenvalue weighted by Gasteiger charge is -2.12. The second-order valence-electron chi connectivity index (χ2n) is 4.71. The average molecular weight is 267 g/mol. The van der Waals surface area contributed by atoms with Crippen molar-refractivity contribution in [3.8, 4) is 0 Å². The fourth-order valence-corrected chi connectivity index (χ4v) is 2.18. The topological polar surface area (TPSA) is 50.9 Å². The van der Waals surface area contributed by atoms with E-state index in [2.05, 4.69) is 10.3 Å². The summed E-state index contributed by atoms with van der Waals surface area (Å²) in [7, 11) is 0. The van der Waals surface area contributed by atoms with Crippen LogP contribution in [-0.2, 0) is 0 Å². The van der Waals surface area contributed by atoms with Gasteiger partial charge in [0.25, 0.3) is 0 Å². The van der Waals surface area contributed by atoms with Crippen LogP contribution in [0, 0.1) is 12.7 Å². The summed E-state index contributed by atoms with van der Waals surface area (Å²) in [6.45, 7) is 1.73. The monoisotopic (exact) mass is 267 g/mol. The van der Waals surface area contributed by atoms with E-state index in [9.17, 15) is 4.39 Å². The Morgan fingerprint density at radius 3 is 2.80 bits per heavy atom. The fraction of sp³-hybridized carbons (Fsp3) is 0.0625. The van der Waals surface area contributed by atoms with Crippen LogP contribution in [0.3, 0.4) is 0 Å². The van der Waals surface area contributed by atoms with Crippen LogP contribution in [-0.4, -0.2) is 4.98 Å². The van der Waals surface area contributed by atoms with Crippen LogP contribution in [0.4, 0.5) is 21.5 Å². The predicted molar refractivity (Wildman–Crippen MR) is 80.6 cm³/mol. The van der Waals surface area contributed by atoms with Crippen molar-refractivity contribution in [3.05, 3.63) is 60.2 Å². The van der Waals surface area contributed by atoms with Crippen molar-refractivity contribution >= 4 is 27.8 Å². The molecule has 0 fully saturated rings. The fourth-order valence-electron chi connectivity index (χ4n) is 2.18. The van der Waals surface area contributed by atoms with E-state index in [1.165, 1.54) is 6.07 Å². The molecule has 0 aliphatic rings. The van der Waals surface area contributed by atoms with Gasteiger partial charge in [-0.2, -0.15) is 0 Å². The molecule has 3 aromatic rings. The Morgan fingerprint density at radius 2 is 2.00 bits per heavy atom. The van der Waals surface area contributed by atoms with E-state index >= 15 is 0 Å². The number of fused-ring (bicyclic) bond motifs is 1. The predicted octanol–water partition coefficient (Wildman–Crippen LogP) is 4.01. The number of nitrogens with two attached hydrogens (primary N) is 1. The summed E-state index contributed by atoms with van der Waals surface area (Å²) in [5, 5.41) is 5.16. The number of nitrogens with one attached hydrogen (secondary N) is 1. The second kappa shape index (κ2) is 4.81. The van der Waals surface area contributed by atoms with Gasteiger partial charge in [-0.15, -0.1) is 0 Å². The van der Waals surface area contributed by atoms with Crippen molar-refractivity contribution in [1.82, 2.24) is 4.98 Å². The highest BCUT2D eigenvalue weighted by Gasteiger charge is 2.05. The number of nitrogens with zero attached hydrogens (tertiary/aromatic N) is 1. The van der Waals surface area contributed by atoms with Crippen molar-refractivity contribution < 1.29 is 4.39 Å². The minimum atomic E-state index is -0.215. The number of pyridine rings is 1. The van der Waals surface area contributed by atoms with Gasteiger partial charge < -0.3 is 11.1 Å². The second-order valence-corrected chi connectivity index (χ2v) is 4.71. The molecule has 100 valence electrons. The summed E-state index contributed by atoms with van der Waals surface area (Å²) >= 11 is 0. The number of hydrogen-bond donors (Lipinski definition) is 2. The standard InChI is InChI=1S/C16H14FN3/c1-10-8-12(3-4-14(10)17)20-15-5-2-11-9-19-7-6-13(11)16(15)18/h2-9,20H,18H2,1H3. The van der Waals surface area contributed by atoms with Gasteiger partial charge in [0.2, 0.25) is 0 Å². The molecule has 3 N–H and O–H groups in total. The minimum Gasteiger partial charge on any atom is -0.397 e. The number of aromatic nitrogens is 1. The molecule has 0 aliphatic carbocycles. The molecule has 3 nitrogen and oxygen atoms in total. The lowest BCUT2D eigenvalue weighted by molar-refractivity contribution is 0.619. The van der Waals surface area contributed by atoms with Crippen LogP contribution < -0.4 is 11.1 Å². The molecule has 0 spiro atoms. The zero-order valence-corrected chi connectivity index (χ0v) is 11.0. The minimum absolute atomic E-state index is 0.215. The summed E-state index contributed by atoms with van der Waals surface area (Å²) in [5.41, 5.74) is 9.04. The van der Waals surface area contributed by atoms with Crippen molar-refractivity contribution in [2.45, 2.75) is 6.92 Å². The first kappa shape index (κ1) is 12.4. The molecule has 20 heavy (non-hydrogen) atoms. The number of benzene rings is 2. The highest BCUT2D eigenvalue weighted by Crippen LogP contribution is 2.30. The van der Waals surface area contributed by atoms with E-state index in [-0.39, 0.29) is 5.82 Å². The van der Waals surface area contributed by atoms with Crippen molar-refractivity contribution in [3.63, 3.8) is 0 Å². The maximum Gasteiger partial charge on any atom is 0.126 e. The number of hydrogen-bond acceptors (Lipinski definition) is 3. The van der Waals surface area contributed by atoms with E-state index < -0.39 is 0 Å². The first-order valence-corrected chi connectivity index (χ1v) is 6.30. The number of anilines is 3. The molecule has 1 aromatic heterocycles. The maximum absolute atomic E-state index is 13.3. The van der Waals surface area contributed by atoms with Crippen LogP contribution in [0.2, 0.25) is 0 Å². The zero-order valence-electron chi connectivity index (χ0n) is 11.0. The van der Waals surface area contributed by atoms with Gasteiger partial charge in [-0.1, -0.05) is 6.07 Å². The van der Waals surface area contributed by atoms with Gasteiger partial charge in [0, 0.05) is 28.9 Å². The van der Waals surface area contributed by atoms with E-state index in [1.54, 1.807) is 31.5 Å². The van der Waals surface area contributed by atoms with Crippen LogP contribution in [0.25, 0.3) is 10.8 Å². The lowest BCUT2D eigenvalue weighted by Crippen LogP contribution is -1.98. The molecular formula is C16H14FN3. The molecule has 0 radical (unpaired) electrons. The Hall–Kier alpha value is -2.62. The third-order valence-corrected chi connectivity index (χ3v) is 3.30. The molecule has 0 unspecified atom stereocenters. The Labute approximate surface area is 116 Å². The van der Waals surface area contributed by atoms with Crippen LogP contribution in [0.15, 0.2) is 48.8 Å². The molecule has 0 aliphatic heterocycles. The van der Waals surface area contributed by atoms with Crippen LogP contribution >= 0.6 is 0 Å². The van der Waals surface area contributed by atoms with Crippen molar-refractivity contribution in [1.29, 1.82) is 0 Å². The first-order chi connectivity index (χ1) is 9.65. The SMILES string of the molecule is Cc1cc(Nc2ccc3cnccc3c2N)ccc1F. The molecular weight excluding hydrogens is 253 g/mol. The number of rotatable bonds is 2. The van der Waals surface area contributed by atoms with Crippen LogP contribution in [0.1, 0.15) is 5.56 Å². The van der Waals surface area contributed by atoms with E-state index in [0.717, 1.165) is 22.1 Å². The molecule has 0 amide bonds. The molecule has 0 atom stereocenters. The highest BCUT2D eigenvalue weighted by atomic mass is 19.1. The zero-order chi connectivity index (χ0) is 14.1. The van der Waals surface area contributed by atoms with Gasteiger partial charge in [0.05, 0.1) is 11.4 Å². The van der Waals surface area contributed by atoms with Gasteiger partial charge in [-0.05, 0) is 42.8 Å². The summed E-state index contributed by atoms with van der Waals surface area (Å²) in [6.07, 6.45) is 3.49. The molecule has 1 heterocycles. The molecule has 3 rings (SSSR count). The summed E-state index contributed by atoms with van der Waals surface area (Å²) in [5.74, 6) is -0.215. The highest BCUT2D eigenvalue weighted by molar-refractivity contribution is 5.99. The Morgan fingerprint density at radius 1 is 1.15 bits per heavy atom. The van der Waals surface area contributed by atoms with Crippen LogP contribution in [0.5, 0.6) is 0 Å². The van der Waals surface area contributed by atoms with Gasteiger partial charge in [0.15, 0.2) is 0 Å². The molecule has 4 heteroatoms. The number of halogens is 1. The maximum atomic E-state index is 13.3. The van der Waals surface area contributed by atoms with Gasteiger partial charge >= 0.3 is 0 Å². The first-order valence-electron chi connectivity index (χ1n) is 6.30. The molecule has 0 bridgehead atoms.